The monoisotopic (exact) mass is 549 g/mol. The van der Waals surface area contributed by atoms with Gasteiger partial charge in [0.1, 0.15) is 6.54 Å². The van der Waals surface area contributed by atoms with Gasteiger partial charge in [0.05, 0.1) is 4.91 Å². The number of benzene rings is 3. The number of thioether (sulfide) groups is 1. The molecular weight excluding hydrogens is 529 g/mol. The Morgan fingerprint density at radius 1 is 1.03 bits per heavy atom. The summed E-state index contributed by atoms with van der Waals surface area (Å²) in [6.07, 6.45) is 3.63. The first kappa shape index (κ1) is 25.1. The van der Waals surface area contributed by atoms with Crippen LogP contribution in [0.25, 0.3) is 17.0 Å². The molecule has 2 heterocycles. The zero-order valence-electron chi connectivity index (χ0n) is 19.7. The van der Waals surface area contributed by atoms with E-state index in [-0.39, 0.29) is 11.4 Å². The second kappa shape index (κ2) is 10.5. The molecule has 3 aromatic carbocycles. The highest BCUT2D eigenvalue weighted by Crippen LogP contribution is 2.34. The fraction of sp³-hybridized carbons (Fsp3) is 0.107. The Bertz CT molecular complexity index is 1590. The number of para-hydroxylation sites is 2. The normalized spacial score (nSPS) is 14.7. The number of imide groups is 1. The van der Waals surface area contributed by atoms with Gasteiger partial charge in [0.15, 0.2) is 0 Å². The van der Waals surface area contributed by atoms with E-state index in [2.05, 4.69) is 5.32 Å². The topological polar surface area (TPSA) is 71.4 Å². The van der Waals surface area contributed by atoms with Crippen LogP contribution in [-0.4, -0.2) is 33.1 Å². The van der Waals surface area contributed by atoms with Crippen LogP contribution in [0.2, 0.25) is 10.0 Å². The van der Waals surface area contributed by atoms with E-state index < -0.39 is 17.1 Å². The van der Waals surface area contributed by atoms with E-state index in [4.69, 9.17) is 23.2 Å². The number of carbonyl (C=O) groups excluding carboxylic acids is 3. The molecule has 186 valence electrons. The largest absolute Gasteiger partial charge is 0.342 e. The summed E-state index contributed by atoms with van der Waals surface area (Å²) in [7, 11) is 0. The van der Waals surface area contributed by atoms with Crippen molar-refractivity contribution in [3.05, 3.63) is 105 Å². The SMILES string of the molecule is Cc1ccccc1NC(=O)CN1C(=O)S/C(=C/c2cn(Cc3ccc(Cl)cc3Cl)c3ccccc23)C1=O. The van der Waals surface area contributed by atoms with Crippen LogP contribution >= 0.6 is 35.0 Å². The summed E-state index contributed by atoms with van der Waals surface area (Å²) in [6.45, 7) is 2.02. The van der Waals surface area contributed by atoms with Crippen molar-refractivity contribution >= 4 is 74.7 Å². The fourth-order valence-electron chi connectivity index (χ4n) is 4.18. The third kappa shape index (κ3) is 5.30. The zero-order valence-corrected chi connectivity index (χ0v) is 22.0. The van der Waals surface area contributed by atoms with Crippen LogP contribution in [0, 0.1) is 6.92 Å². The highest BCUT2D eigenvalue weighted by atomic mass is 35.5. The van der Waals surface area contributed by atoms with E-state index in [1.165, 1.54) is 0 Å². The van der Waals surface area contributed by atoms with Crippen molar-refractivity contribution in [3.63, 3.8) is 0 Å². The lowest BCUT2D eigenvalue weighted by Crippen LogP contribution is -2.36. The van der Waals surface area contributed by atoms with Crippen molar-refractivity contribution < 1.29 is 14.4 Å². The number of amides is 3. The van der Waals surface area contributed by atoms with Gasteiger partial charge in [0.25, 0.3) is 11.1 Å². The molecule has 4 aromatic rings. The number of hydrogen-bond acceptors (Lipinski definition) is 4. The van der Waals surface area contributed by atoms with E-state index in [9.17, 15) is 14.4 Å². The van der Waals surface area contributed by atoms with Crippen LogP contribution < -0.4 is 5.32 Å². The summed E-state index contributed by atoms with van der Waals surface area (Å²) in [5.41, 5.74) is 4.18. The van der Waals surface area contributed by atoms with Crippen LogP contribution in [0.15, 0.2) is 77.8 Å². The minimum absolute atomic E-state index is 0.265. The lowest BCUT2D eigenvalue weighted by Gasteiger charge is -2.13. The van der Waals surface area contributed by atoms with Gasteiger partial charge in [0, 0.05) is 44.9 Å². The summed E-state index contributed by atoms with van der Waals surface area (Å²) >= 11 is 13.3. The highest BCUT2D eigenvalue weighted by Gasteiger charge is 2.36. The smallest absolute Gasteiger partial charge is 0.294 e. The minimum atomic E-state index is -0.493. The molecule has 1 fully saturated rings. The first-order chi connectivity index (χ1) is 17.8. The molecule has 0 radical (unpaired) electrons. The fourth-order valence-corrected chi connectivity index (χ4v) is 5.48. The quantitative estimate of drug-likeness (QED) is 0.263. The van der Waals surface area contributed by atoms with Crippen molar-refractivity contribution in [1.29, 1.82) is 0 Å². The number of carbonyl (C=O) groups is 3. The number of aromatic nitrogens is 1. The van der Waals surface area contributed by atoms with Gasteiger partial charge in [-0.15, -0.1) is 0 Å². The second-order valence-corrected chi connectivity index (χ2v) is 10.4. The van der Waals surface area contributed by atoms with Gasteiger partial charge < -0.3 is 9.88 Å². The summed E-state index contributed by atoms with van der Waals surface area (Å²) in [5.74, 6) is -0.929. The van der Waals surface area contributed by atoms with Gasteiger partial charge in [0.2, 0.25) is 5.91 Å². The van der Waals surface area contributed by atoms with E-state index in [0.717, 1.165) is 44.3 Å². The maximum absolute atomic E-state index is 13.1. The molecule has 1 aliphatic rings. The van der Waals surface area contributed by atoms with Gasteiger partial charge in [-0.2, -0.15) is 0 Å². The minimum Gasteiger partial charge on any atom is -0.342 e. The van der Waals surface area contributed by atoms with Crippen molar-refractivity contribution in [3.8, 4) is 0 Å². The third-order valence-electron chi connectivity index (χ3n) is 6.06. The van der Waals surface area contributed by atoms with Gasteiger partial charge in [-0.25, -0.2) is 0 Å². The number of hydrogen-bond donors (Lipinski definition) is 1. The van der Waals surface area contributed by atoms with E-state index in [0.29, 0.717) is 22.3 Å². The molecule has 9 heteroatoms. The Balaban J connectivity index is 1.39. The van der Waals surface area contributed by atoms with Gasteiger partial charge in [-0.3, -0.25) is 19.3 Å². The Labute approximate surface area is 227 Å². The Kier molecular flexibility index (Phi) is 7.11. The number of anilines is 1. The number of rotatable bonds is 6. The maximum atomic E-state index is 13.1. The lowest BCUT2D eigenvalue weighted by molar-refractivity contribution is -0.127. The summed E-state index contributed by atoms with van der Waals surface area (Å²) in [4.78, 5) is 39.5. The molecule has 5 rings (SSSR count). The van der Waals surface area contributed by atoms with Gasteiger partial charge in [-0.05, 0) is 60.2 Å². The number of nitrogens with zero attached hydrogens (tertiary/aromatic N) is 2. The van der Waals surface area contributed by atoms with Crippen LogP contribution in [0.3, 0.4) is 0 Å². The van der Waals surface area contributed by atoms with Crippen LogP contribution in [-0.2, 0) is 16.1 Å². The highest BCUT2D eigenvalue weighted by molar-refractivity contribution is 8.18. The molecular formula is C28H21Cl2N3O3S. The zero-order chi connectivity index (χ0) is 26.1. The predicted molar refractivity (Wildman–Crippen MR) is 150 cm³/mol. The predicted octanol–water partition coefficient (Wildman–Crippen LogP) is 6.98. The molecule has 6 nitrogen and oxygen atoms in total. The van der Waals surface area contributed by atoms with E-state index in [1.807, 2.05) is 66.2 Å². The molecule has 1 N–H and O–H groups in total. The van der Waals surface area contributed by atoms with Gasteiger partial charge in [-0.1, -0.05) is 65.7 Å². The number of halogens is 2. The molecule has 0 aliphatic carbocycles. The Morgan fingerprint density at radius 2 is 1.78 bits per heavy atom. The molecule has 37 heavy (non-hydrogen) atoms. The summed E-state index contributed by atoms with van der Waals surface area (Å²) in [6, 6.07) is 20.5. The molecule has 3 amide bonds. The van der Waals surface area contributed by atoms with Crippen molar-refractivity contribution in [1.82, 2.24) is 9.47 Å². The average Bonchev–Trinajstić information content (AvgIpc) is 3.34. The molecule has 1 saturated heterocycles. The molecule has 0 spiro atoms. The van der Waals surface area contributed by atoms with E-state index in [1.54, 1.807) is 24.3 Å². The summed E-state index contributed by atoms with van der Waals surface area (Å²) in [5, 5.41) is 4.35. The number of aryl methyl sites for hydroxylation is 1. The first-order valence-corrected chi connectivity index (χ1v) is 13.0. The third-order valence-corrected chi connectivity index (χ3v) is 7.55. The average molecular weight is 550 g/mol. The standard InChI is InChI=1S/C28H21Cl2N3O3S/c1-17-6-2-4-8-23(17)31-26(34)16-33-27(35)25(37-28(33)36)12-19-15-32(24-9-5-3-7-21(19)24)14-18-10-11-20(29)13-22(18)30/h2-13,15H,14,16H2,1H3,(H,31,34)/b25-12+. The van der Waals surface area contributed by atoms with Crippen LogP contribution in [0.1, 0.15) is 16.7 Å². The van der Waals surface area contributed by atoms with Crippen LogP contribution in [0.4, 0.5) is 10.5 Å². The Morgan fingerprint density at radius 3 is 2.57 bits per heavy atom. The molecule has 1 aliphatic heterocycles. The molecule has 0 atom stereocenters. The molecule has 0 unspecified atom stereocenters. The second-order valence-electron chi connectivity index (χ2n) is 8.60. The first-order valence-electron chi connectivity index (χ1n) is 11.4. The molecule has 0 saturated carbocycles. The van der Waals surface area contributed by atoms with E-state index >= 15 is 0 Å². The molecule has 1 aromatic heterocycles. The van der Waals surface area contributed by atoms with Gasteiger partial charge >= 0.3 is 0 Å². The maximum Gasteiger partial charge on any atom is 0.294 e. The molecule has 0 bridgehead atoms. The van der Waals surface area contributed by atoms with Crippen LogP contribution in [0.5, 0.6) is 0 Å². The number of nitrogens with one attached hydrogen (secondary N) is 1. The van der Waals surface area contributed by atoms with Crippen molar-refractivity contribution in [2.75, 3.05) is 11.9 Å². The summed E-state index contributed by atoms with van der Waals surface area (Å²) < 4.78 is 2.04. The lowest BCUT2D eigenvalue weighted by atomic mass is 10.1. The van der Waals surface area contributed by atoms with Crippen molar-refractivity contribution in [2.24, 2.45) is 0 Å². The Hall–Kier alpha value is -3.52. The van der Waals surface area contributed by atoms with Crippen molar-refractivity contribution in [2.45, 2.75) is 13.5 Å². The number of fused-ring (bicyclic) bond motifs is 1.